The fraction of sp³-hybridized carbons (Fsp3) is 0.238. The average molecular weight is 348 g/mol. The number of carbonyl (C=O) groups excluding carboxylic acids is 1. The zero-order valence-electron chi connectivity index (χ0n) is 14.6. The van der Waals surface area contributed by atoms with Crippen molar-refractivity contribution in [2.24, 2.45) is 5.92 Å². The first-order valence-electron chi connectivity index (χ1n) is 8.66. The molecule has 5 nitrogen and oxygen atoms in total. The molecule has 5 heteroatoms. The smallest absolute Gasteiger partial charge is 0.269 e. The number of aromatic nitrogens is 1. The van der Waals surface area contributed by atoms with E-state index in [0.29, 0.717) is 18.8 Å². The van der Waals surface area contributed by atoms with Crippen molar-refractivity contribution in [2.45, 2.75) is 6.42 Å². The zero-order valence-corrected chi connectivity index (χ0v) is 14.6. The normalized spacial score (nSPS) is 15.8. The topological polar surface area (TPSA) is 60.5 Å². The van der Waals surface area contributed by atoms with Crippen LogP contribution in [0.25, 0.3) is 10.9 Å². The molecule has 0 bridgehead atoms. The second-order valence-corrected chi connectivity index (χ2v) is 6.45. The van der Waals surface area contributed by atoms with Crippen LogP contribution in [0, 0.1) is 5.92 Å². The van der Waals surface area contributed by atoms with E-state index in [1.807, 2.05) is 42.5 Å². The van der Waals surface area contributed by atoms with Crippen molar-refractivity contribution < 1.29 is 14.3 Å². The van der Waals surface area contributed by atoms with Gasteiger partial charge in [-0.2, -0.15) is 0 Å². The van der Waals surface area contributed by atoms with E-state index in [4.69, 9.17) is 9.47 Å². The van der Waals surface area contributed by atoms with E-state index < -0.39 is 0 Å². The Morgan fingerprint density at radius 2 is 2.12 bits per heavy atom. The highest BCUT2D eigenvalue weighted by Crippen LogP contribution is 2.26. The number of carbonyl (C=O) groups is 1. The molecule has 0 saturated carbocycles. The second-order valence-electron chi connectivity index (χ2n) is 6.45. The lowest BCUT2D eigenvalue weighted by Gasteiger charge is -2.25. The van der Waals surface area contributed by atoms with Gasteiger partial charge in [-0.1, -0.05) is 24.3 Å². The van der Waals surface area contributed by atoms with Gasteiger partial charge in [-0.25, -0.2) is 4.98 Å². The van der Waals surface area contributed by atoms with Crippen LogP contribution in [0.1, 0.15) is 16.1 Å². The molecule has 1 aliphatic rings. The van der Waals surface area contributed by atoms with Crippen LogP contribution in [0.3, 0.4) is 0 Å². The Morgan fingerprint density at radius 1 is 1.23 bits per heavy atom. The molecule has 3 aromatic rings. The fourth-order valence-electron chi connectivity index (χ4n) is 3.21. The highest BCUT2D eigenvalue weighted by Gasteiger charge is 2.20. The third-order valence-corrected chi connectivity index (χ3v) is 4.64. The number of methoxy groups -OCH3 is 1. The van der Waals surface area contributed by atoms with Gasteiger partial charge >= 0.3 is 0 Å². The standard InChI is InChI=1S/C21H20N2O3/c1-25-17-7-9-18-15(11-17)6-8-19(23-18)21(24)22-12-14-10-16-4-2-3-5-20(16)26-13-14/h2-9,11,14H,10,12-13H2,1H3,(H,22,24). The van der Waals surface area contributed by atoms with Crippen LogP contribution in [-0.2, 0) is 6.42 Å². The third-order valence-electron chi connectivity index (χ3n) is 4.64. The van der Waals surface area contributed by atoms with Gasteiger partial charge < -0.3 is 14.8 Å². The van der Waals surface area contributed by atoms with E-state index in [-0.39, 0.29) is 11.8 Å². The van der Waals surface area contributed by atoms with Crippen molar-refractivity contribution in [3.05, 3.63) is 65.9 Å². The third kappa shape index (κ3) is 3.33. The molecule has 1 atom stereocenters. The van der Waals surface area contributed by atoms with Crippen LogP contribution in [0.4, 0.5) is 0 Å². The van der Waals surface area contributed by atoms with E-state index >= 15 is 0 Å². The van der Waals surface area contributed by atoms with Crippen molar-refractivity contribution in [3.8, 4) is 11.5 Å². The summed E-state index contributed by atoms with van der Waals surface area (Å²) in [6.45, 7) is 1.18. The number of rotatable bonds is 4. The minimum atomic E-state index is -0.165. The van der Waals surface area contributed by atoms with Crippen LogP contribution < -0.4 is 14.8 Å². The first-order valence-corrected chi connectivity index (χ1v) is 8.66. The molecule has 0 fully saturated rings. The average Bonchev–Trinajstić information content (AvgIpc) is 2.71. The molecule has 0 radical (unpaired) electrons. The number of benzene rings is 2. The van der Waals surface area contributed by atoms with Crippen LogP contribution in [-0.4, -0.2) is 31.2 Å². The summed E-state index contributed by atoms with van der Waals surface area (Å²) in [7, 11) is 1.63. The lowest BCUT2D eigenvalue weighted by molar-refractivity contribution is 0.0934. The first-order chi connectivity index (χ1) is 12.7. The summed E-state index contributed by atoms with van der Waals surface area (Å²) in [5, 5.41) is 3.92. The largest absolute Gasteiger partial charge is 0.497 e. The number of nitrogens with zero attached hydrogens (tertiary/aromatic N) is 1. The molecule has 2 aromatic carbocycles. The molecule has 1 N–H and O–H groups in total. The zero-order chi connectivity index (χ0) is 17.9. The Hall–Kier alpha value is -3.08. The summed E-state index contributed by atoms with van der Waals surface area (Å²) in [6.07, 6.45) is 0.904. The number of pyridine rings is 1. The van der Waals surface area contributed by atoms with Gasteiger partial charge in [0.15, 0.2) is 0 Å². The highest BCUT2D eigenvalue weighted by molar-refractivity contribution is 5.95. The number of para-hydroxylation sites is 1. The maximum atomic E-state index is 12.5. The van der Waals surface area contributed by atoms with Crippen LogP contribution in [0.2, 0.25) is 0 Å². The molecule has 0 aliphatic carbocycles. The number of ether oxygens (including phenoxy) is 2. The number of amides is 1. The SMILES string of the molecule is COc1ccc2nc(C(=O)NCC3COc4ccccc4C3)ccc2c1. The molecule has 0 saturated heterocycles. The Balaban J connectivity index is 1.41. The van der Waals surface area contributed by atoms with E-state index in [2.05, 4.69) is 16.4 Å². The van der Waals surface area contributed by atoms with Crippen molar-refractivity contribution in [1.29, 1.82) is 0 Å². The lowest BCUT2D eigenvalue weighted by Crippen LogP contribution is -2.35. The number of fused-ring (bicyclic) bond motifs is 2. The van der Waals surface area contributed by atoms with E-state index in [0.717, 1.165) is 28.8 Å². The summed E-state index contributed by atoms with van der Waals surface area (Å²) >= 11 is 0. The molecule has 2 heterocycles. The van der Waals surface area contributed by atoms with Gasteiger partial charge in [0.1, 0.15) is 17.2 Å². The van der Waals surface area contributed by atoms with Gasteiger partial charge in [0.05, 0.1) is 19.2 Å². The molecule has 1 unspecified atom stereocenters. The van der Waals surface area contributed by atoms with E-state index in [9.17, 15) is 4.79 Å². The van der Waals surface area contributed by atoms with Gasteiger partial charge in [-0.3, -0.25) is 4.79 Å². The van der Waals surface area contributed by atoms with Crippen molar-refractivity contribution in [2.75, 3.05) is 20.3 Å². The molecule has 0 spiro atoms. The molecule has 1 amide bonds. The predicted octanol–water partition coefficient (Wildman–Crippen LogP) is 3.22. The van der Waals surface area contributed by atoms with Crippen LogP contribution >= 0.6 is 0 Å². The van der Waals surface area contributed by atoms with E-state index in [1.54, 1.807) is 13.2 Å². The van der Waals surface area contributed by atoms with E-state index in [1.165, 1.54) is 5.56 Å². The Morgan fingerprint density at radius 3 is 3.00 bits per heavy atom. The molecule has 26 heavy (non-hydrogen) atoms. The summed E-state index contributed by atoms with van der Waals surface area (Å²) in [6, 6.07) is 17.3. The lowest BCUT2D eigenvalue weighted by atomic mass is 9.97. The van der Waals surface area contributed by atoms with Gasteiger partial charge in [0.25, 0.3) is 5.91 Å². The maximum Gasteiger partial charge on any atom is 0.269 e. The second kappa shape index (κ2) is 7.04. The first kappa shape index (κ1) is 16.4. The van der Waals surface area contributed by atoms with Gasteiger partial charge in [-0.15, -0.1) is 0 Å². The Bertz CT molecular complexity index is 955. The predicted molar refractivity (Wildman–Crippen MR) is 99.8 cm³/mol. The summed E-state index contributed by atoms with van der Waals surface area (Å²) < 4.78 is 11.0. The van der Waals surface area contributed by atoms with Crippen molar-refractivity contribution in [3.63, 3.8) is 0 Å². The molecular formula is C21H20N2O3. The monoisotopic (exact) mass is 348 g/mol. The molecule has 1 aliphatic heterocycles. The Labute approximate surface area is 152 Å². The minimum absolute atomic E-state index is 0.165. The quantitative estimate of drug-likeness (QED) is 0.786. The molecule has 4 rings (SSSR count). The van der Waals surface area contributed by atoms with Crippen molar-refractivity contribution >= 4 is 16.8 Å². The van der Waals surface area contributed by atoms with Gasteiger partial charge in [0, 0.05) is 17.8 Å². The Kier molecular flexibility index (Phi) is 4.44. The van der Waals surface area contributed by atoms with Gasteiger partial charge in [-0.05, 0) is 42.3 Å². The highest BCUT2D eigenvalue weighted by atomic mass is 16.5. The maximum absolute atomic E-state index is 12.5. The number of hydrogen-bond acceptors (Lipinski definition) is 4. The minimum Gasteiger partial charge on any atom is -0.497 e. The molecule has 1 aromatic heterocycles. The molecule has 132 valence electrons. The summed E-state index contributed by atoms with van der Waals surface area (Å²) in [4.78, 5) is 16.9. The summed E-state index contributed by atoms with van der Waals surface area (Å²) in [5.41, 5.74) is 2.38. The molecular weight excluding hydrogens is 328 g/mol. The number of hydrogen-bond donors (Lipinski definition) is 1. The fourth-order valence-corrected chi connectivity index (χ4v) is 3.21. The van der Waals surface area contributed by atoms with Crippen molar-refractivity contribution in [1.82, 2.24) is 10.3 Å². The van der Waals surface area contributed by atoms with Crippen LogP contribution in [0.15, 0.2) is 54.6 Å². The number of nitrogens with one attached hydrogen (secondary N) is 1. The van der Waals surface area contributed by atoms with Crippen LogP contribution in [0.5, 0.6) is 11.5 Å². The summed E-state index contributed by atoms with van der Waals surface area (Å²) in [5.74, 6) is 1.82. The van der Waals surface area contributed by atoms with Gasteiger partial charge in [0.2, 0.25) is 0 Å².